The molecule has 2 atom stereocenters. The summed E-state index contributed by atoms with van der Waals surface area (Å²) in [7, 11) is -5.87. The van der Waals surface area contributed by atoms with Crippen molar-refractivity contribution in [1.29, 1.82) is 0 Å². The van der Waals surface area contributed by atoms with E-state index in [2.05, 4.69) is 9.05 Å². The summed E-state index contributed by atoms with van der Waals surface area (Å²) in [5, 5.41) is 2.01. The van der Waals surface area contributed by atoms with Gasteiger partial charge in [-0.05, 0) is 22.9 Å². The van der Waals surface area contributed by atoms with Crippen molar-refractivity contribution < 1.29 is 28.0 Å². The molecular formula is C11H10O6P2S+2. The van der Waals surface area contributed by atoms with Gasteiger partial charge in [0, 0.05) is 14.0 Å². The van der Waals surface area contributed by atoms with E-state index in [1.165, 1.54) is 0 Å². The molecule has 0 fully saturated rings. The zero-order valence-corrected chi connectivity index (χ0v) is 12.6. The topological polar surface area (TPSA) is 93.1 Å². The van der Waals surface area contributed by atoms with E-state index in [0.29, 0.717) is 4.90 Å². The Labute approximate surface area is 120 Å². The molecular weight excluding hydrogens is 322 g/mol. The summed E-state index contributed by atoms with van der Waals surface area (Å²) < 4.78 is 30.4. The molecule has 0 radical (unpaired) electrons. The van der Waals surface area contributed by atoms with E-state index in [1.807, 2.05) is 36.4 Å². The Morgan fingerprint density at radius 3 is 2.15 bits per heavy atom. The van der Waals surface area contributed by atoms with Crippen molar-refractivity contribution in [2.24, 2.45) is 0 Å². The molecule has 0 amide bonds. The summed E-state index contributed by atoms with van der Waals surface area (Å²) in [5.41, 5.74) is -1.33. The third-order valence-electron chi connectivity index (χ3n) is 2.31. The fourth-order valence-corrected chi connectivity index (χ4v) is 3.36. The molecule has 0 bridgehead atoms. The molecule has 2 N–H and O–H groups in total. The van der Waals surface area contributed by atoms with Crippen molar-refractivity contribution in [3.05, 3.63) is 42.5 Å². The highest BCUT2D eigenvalue weighted by atomic mass is 32.2. The predicted octanol–water partition coefficient (Wildman–Crippen LogP) is 3.55. The van der Waals surface area contributed by atoms with E-state index in [1.54, 1.807) is 6.07 Å². The van der Waals surface area contributed by atoms with Crippen LogP contribution >= 0.6 is 28.3 Å². The second-order valence-corrected chi connectivity index (χ2v) is 6.07. The Kier molecular flexibility index (Phi) is 5.57. The van der Waals surface area contributed by atoms with Crippen LogP contribution in [0.2, 0.25) is 0 Å². The summed E-state index contributed by atoms with van der Waals surface area (Å²) in [4.78, 5) is 18.1. The second kappa shape index (κ2) is 7.20. The lowest BCUT2D eigenvalue weighted by Crippen LogP contribution is -2.04. The molecule has 6 nitrogen and oxygen atoms in total. The van der Waals surface area contributed by atoms with Gasteiger partial charge in [0.25, 0.3) is 0 Å². The first-order chi connectivity index (χ1) is 9.54. The van der Waals surface area contributed by atoms with Crippen LogP contribution in [0.3, 0.4) is 0 Å². The second-order valence-electron chi connectivity index (χ2n) is 3.60. The van der Waals surface area contributed by atoms with Crippen LogP contribution in [0, 0.1) is 0 Å². The van der Waals surface area contributed by atoms with Crippen LogP contribution in [0.5, 0.6) is 0 Å². The van der Waals surface area contributed by atoms with Crippen LogP contribution in [0.4, 0.5) is 0 Å². The van der Waals surface area contributed by atoms with Crippen LogP contribution in [-0.2, 0) is 18.2 Å². The minimum absolute atomic E-state index is 0.683. The standard InChI is InChI=1S/C11H8O6P2S/c12-18(13)16-11(17-19(14)15)20-10-6-5-8-3-1-2-4-9(8)7-10/h1-7,11H/p+2. The molecule has 0 saturated carbocycles. The maximum Gasteiger partial charge on any atom is 0.698 e. The van der Waals surface area contributed by atoms with Gasteiger partial charge in [-0.1, -0.05) is 51.1 Å². The summed E-state index contributed by atoms with van der Waals surface area (Å²) in [6.07, 6.45) is 0. The molecule has 20 heavy (non-hydrogen) atoms. The van der Waals surface area contributed by atoms with Gasteiger partial charge in [-0.25, -0.2) is 0 Å². The van der Waals surface area contributed by atoms with Gasteiger partial charge in [0.2, 0.25) is 0 Å². The smallest absolute Gasteiger partial charge is 0.133 e. The van der Waals surface area contributed by atoms with Gasteiger partial charge in [0.15, 0.2) is 0 Å². The summed E-state index contributed by atoms with van der Waals surface area (Å²) in [5.74, 6) is 0. The van der Waals surface area contributed by atoms with Crippen molar-refractivity contribution in [3.8, 4) is 0 Å². The molecule has 2 aromatic carbocycles. The van der Waals surface area contributed by atoms with Crippen molar-refractivity contribution >= 4 is 39.0 Å². The lowest BCUT2D eigenvalue weighted by molar-refractivity contribution is 0.0777. The molecule has 2 unspecified atom stereocenters. The number of benzene rings is 2. The van der Waals surface area contributed by atoms with E-state index in [4.69, 9.17) is 9.79 Å². The Hall–Kier alpha value is -0.910. The van der Waals surface area contributed by atoms with E-state index < -0.39 is 22.1 Å². The lowest BCUT2D eigenvalue weighted by atomic mass is 10.1. The van der Waals surface area contributed by atoms with Crippen molar-refractivity contribution in [2.45, 2.75) is 10.5 Å². The van der Waals surface area contributed by atoms with Gasteiger partial charge in [0.05, 0.1) is 0 Å². The number of hydrogen-bond acceptors (Lipinski definition) is 5. The van der Waals surface area contributed by atoms with Gasteiger partial charge >= 0.3 is 22.1 Å². The number of hydrogen-bond donors (Lipinski definition) is 2. The monoisotopic (exact) mass is 332 g/mol. The third kappa shape index (κ3) is 4.58. The van der Waals surface area contributed by atoms with E-state index in [0.717, 1.165) is 22.5 Å². The molecule has 0 aliphatic heterocycles. The average Bonchev–Trinajstić information content (AvgIpc) is 2.37. The molecule has 9 heteroatoms. The summed E-state index contributed by atoms with van der Waals surface area (Å²) in [6, 6.07) is 13.1. The average molecular weight is 332 g/mol. The molecule has 0 aromatic heterocycles. The Morgan fingerprint density at radius 1 is 0.950 bits per heavy atom. The molecule has 0 saturated heterocycles. The number of fused-ring (bicyclic) bond motifs is 1. The normalized spacial score (nSPS) is 14.1. The van der Waals surface area contributed by atoms with Gasteiger partial charge in [0.1, 0.15) is 0 Å². The van der Waals surface area contributed by atoms with Gasteiger partial charge in [-0.2, -0.15) is 0 Å². The predicted molar refractivity (Wildman–Crippen MR) is 75.4 cm³/mol. The fourth-order valence-electron chi connectivity index (χ4n) is 1.56. The molecule has 0 aliphatic carbocycles. The first-order valence-electron chi connectivity index (χ1n) is 5.36. The van der Waals surface area contributed by atoms with Gasteiger partial charge in [-0.15, -0.1) is 9.79 Å². The largest absolute Gasteiger partial charge is 0.698 e. The molecule has 104 valence electrons. The van der Waals surface area contributed by atoms with Crippen LogP contribution < -0.4 is 0 Å². The molecule has 0 aliphatic rings. The van der Waals surface area contributed by atoms with Crippen molar-refractivity contribution in [1.82, 2.24) is 0 Å². The number of thioether (sulfide) groups is 1. The SMILES string of the molecule is O=[P+](O)OC(O[P+](=O)O)Sc1ccc2ccccc2c1. The minimum Gasteiger partial charge on any atom is -0.133 e. The zero-order chi connectivity index (χ0) is 14.5. The maximum absolute atomic E-state index is 10.6. The summed E-state index contributed by atoms with van der Waals surface area (Å²) in [6.45, 7) is 0. The van der Waals surface area contributed by atoms with Crippen molar-refractivity contribution in [2.75, 3.05) is 0 Å². The quantitative estimate of drug-likeness (QED) is 0.475. The fraction of sp³-hybridized carbons (Fsp3) is 0.0909. The van der Waals surface area contributed by atoms with Crippen LogP contribution in [0.1, 0.15) is 0 Å². The maximum atomic E-state index is 10.6. The van der Waals surface area contributed by atoms with E-state index in [9.17, 15) is 9.13 Å². The van der Waals surface area contributed by atoms with Crippen LogP contribution in [-0.4, -0.2) is 15.4 Å². The molecule has 0 spiro atoms. The van der Waals surface area contributed by atoms with E-state index in [-0.39, 0.29) is 0 Å². The third-order valence-corrected chi connectivity index (χ3v) is 4.25. The lowest BCUT2D eigenvalue weighted by Gasteiger charge is -2.05. The van der Waals surface area contributed by atoms with Gasteiger partial charge < -0.3 is 0 Å². The molecule has 2 aromatic rings. The van der Waals surface area contributed by atoms with Crippen LogP contribution in [0.25, 0.3) is 10.8 Å². The first kappa shape index (κ1) is 15.5. The summed E-state index contributed by atoms with van der Waals surface area (Å²) >= 11 is 0.928. The molecule has 0 heterocycles. The highest BCUT2D eigenvalue weighted by Crippen LogP contribution is 2.37. The van der Waals surface area contributed by atoms with Crippen LogP contribution in [0.15, 0.2) is 47.4 Å². The highest BCUT2D eigenvalue weighted by molar-refractivity contribution is 7.99. The zero-order valence-electron chi connectivity index (χ0n) is 9.95. The highest BCUT2D eigenvalue weighted by Gasteiger charge is 2.33. The molecule has 2 rings (SSSR count). The minimum atomic E-state index is -2.94. The van der Waals surface area contributed by atoms with Crippen molar-refractivity contribution in [3.63, 3.8) is 0 Å². The van der Waals surface area contributed by atoms with E-state index >= 15 is 0 Å². The van der Waals surface area contributed by atoms with Gasteiger partial charge in [-0.3, -0.25) is 0 Å². The number of rotatable bonds is 6. The Balaban J connectivity index is 2.18. The first-order valence-corrected chi connectivity index (χ1v) is 8.50. The Morgan fingerprint density at radius 2 is 1.55 bits per heavy atom. The Bertz CT molecular complexity index is 634.